The highest BCUT2D eigenvalue weighted by Gasteiger charge is 2.12. The van der Waals surface area contributed by atoms with Gasteiger partial charge in [0.05, 0.1) is 11.5 Å². The van der Waals surface area contributed by atoms with E-state index in [-0.39, 0.29) is 17.3 Å². The highest BCUT2D eigenvalue weighted by molar-refractivity contribution is 7.89. The average Bonchev–Trinajstić information content (AvgIpc) is 2.45. The maximum Gasteiger partial charge on any atom is 0.240 e. The molecular formula is C13H23ClN2O4S. The number of benzene rings is 1. The summed E-state index contributed by atoms with van der Waals surface area (Å²) in [4.78, 5) is 0.230. The Bertz CT molecular complexity index is 479. The number of rotatable bonds is 10. The molecule has 6 nitrogen and oxygen atoms in total. The number of sulfonamides is 1. The van der Waals surface area contributed by atoms with Crippen LogP contribution >= 0.6 is 12.4 Å². The van der Waals surface area contributed by atoms with E-state index >= 15 is 0 Å². The molecule has 0 unspecified atom stereocenters. The van der Waals surface area contributed by atoms with Crippen LogP contribution in [-0.2, 0) is 14.8 Å². The summed E-state index contributed by atoms with van der Waals surface area (Å²) in [6.07, 6.45) is 0. The van der Waals surface area contributed by atoms with Crippen LogP contribution in [0.25, 0.3) is 0 Å². The van der Waals surface area contributed by atoms with E-state index in [1.807, 2.05) is 6.92 Å². The van der Waals surface area contributed by atoms with Gasteiger partial charge in [-0.05, 0) is 30.8 Å². The first-order valence-corrected chi connectivity index (χ1v) is 8.00. The molecule has 122 valence electrons. The van der Waals surface area contributed by atoms with Gasteiger partial charge in [0.2, 0.25) is 10.0 Å². The molecule has 0 saturated heterocycles. The maximum absolute atomic E-state index is 12.0. The van der Waals surface area contributed by atoms with Gasteiger partial charge in [0, 0.05) is 20.2 Å². The van der Waals surface area contributed by atoms with Crippen molar-refractivity contribution < 1.29 is 17.9 Å². The van der Waals surface area contributed by atoms with Crippen molar-refractivity contribution in [3.63, 3.8) is 0 Å². The molecule has 0 spiro atoms. The standard InChI is InChI=1S/C13H22N2O4S.ClH/c1-3-14-8-9-15-20(16,17)13-6-4-12(5-7-13)19-11-10-18-2;/h4-7,14-15H,3,8-11H2,1-2H3;1H. The lowest BCUT2D eigenvalue weighted by atomic mass is 10.3. The topological polar surface area (TPSA) is 76.7 Å². The third-order valence-electron chi connectivity index (χ3n) is 2.53. The smallest absolute Gasteiger partial charge is 0.240 e. The van der Waals surface area contributed by atoms with E-state index in [4.69, 9.17) is 9.47 Å². The van der Waals surface area contributed by atoms with Crippen LogP contribution in [0.4, 0.5) is 0 Å². The van der Waals surface area contributed by atoms with Gasteiger partial charge in [-0.3, -0.25) is 0 Å². The predicted octanol–water partition coefficient (Wildman–Crippen LogP) is 1.02. The molecule has 0 amide bonds. The number of halogens is 1. The third-order valence-corrected chi connectivity index (χ3v) is 4.01. The number of likely N-dealkylation sites (N-methyl/N-ethyl adjacent to an activating group) is 1. The van der Waals surface area contributed by atoms with Crippen molar-refractivity contribution in [3.8, 4) is 5.75 Å². The Morgan fingerprint density at radius 1 is 1.10 bits per heavy atom. The molecule has 2 N–H and O–H groups in total. The summed E-state index contributed by atoms with van der Waals surface area (Å²) in [7, 11) is -1.86. The van der Waals surface area contributed by atoms with Crippen LogP contribution in [0.15, 0.2) is 29.2 Å². The first kappa shape index (κ1) is 20.1. The molecule has 0 aliphatic carbocycles. The van der Waals surface area contributed by atoms with Crippen LogP contribution in [0.2, 0.25) is 0 Å². The number of ether oxygens (including phenoxy) is 2. The van der Waals surface area contributed by atoms with E-state index in [2.05, 4.69) is 10.0 Å². The Hall–Kier alpha value is -0.860. The maximum atomic E-state index is 12.0. The second-order valence-electron chi connectivity index (χ2n) is 4.06. The fourth-order valence-corrected chi connectivity index (χ4v) is 2.52. The summed E-state index contributed by atoms with van der Waals surface area (Å²) in [5, 5.41) is 3.05. The highest BCUT2D eigenvalue weighted by Crippen LogP contribution is 2.15. The minimum atomic E-state index is -3.45. The summed E-state index contributed by atoms with van der Waals surface area (Å²) in [6.45, 7) is 4.68. The van der Waals surface area contributed by atoms with Gasteiger partial charge in [-0.15, -0.1) is 12.4 Å². The number of hydrogen-bond acceptors (Lipinski definition) is 5. The van der Waals surface area contributed by atoms with Gasteiger partial charge in [-0.25, -0.2) is 13.1 Å². The van der Waals surface area contributed by atoms with Gasteiger partial charge in [0.15, 0.2) is 0 Å². The zero-order chi connectivity index (χ0) is 14.8. The molecule has 1 aromatic carbocycles. The molecule has 0 radical (unpaired) electrons. The van der Waals surface area contributed by atoms with Crippen LogP contribution in [0, 0.1) is 0 Å². The van der Waals surface area contributed by atoms with Crippen LogP contribution in [-0.4, -0.2) is 48.4 Å². The fourth-order valence-electron chi connectivity index (χ4n) is 1.49. The van der Waals surface area contributed by atoms with Gasteiger partial charge in [0.25, 0.3) is 0 Å². The molecule has 0 aliphatic rings. The minimum Gasteiger partial charge on any atom is -0.491 e. The number of methoxy groups -OCH3 is 1. The summed E-state index contributed by atoms with van der Waals surface area (Å²) >= 11 is 0. The summed E-state index contributed by atoms with van der Waals surface area (Å²) in [6, 6.07) is 6.32. The SMILES string of the molecule is CCNCCNS(=O)(=O)c1ccc(OCCOC)cc1.Cl. The van der Waals surface area contributed by atoms with Crippen molar-refractivity contribution in [2.75, 3.05) is 40.0 Å². The molecule has 8 heteroatoms. The second-order valence-corrected chi connectivity index (χ2v) is 5.83. The molecule has 0 aromatic heterocycles. The lowest BCUT2D eigenvalue weighted by molar-refractivity contribution is 0.146. The van der Waals surface area contributed by atoms with Gasteiger partial charge in [-0.1, -0.05) is 6.92 Å². The van der Waals surface area contributed by atoms with Crippen molar-refractivity contribution in [1.29, 1.82) is 0 Å². The van der Waals surface area contributed by atoms with E-state index in [0.717, 1.165) is 6.54 Å². The van der Waals surface area contributed by atoms with Crippen molar-refractivity contribution in [2.45, 2.75) is 11.8 Å². The van der Waals surface area contributed by atoms with Crippen LogP contribution in [0.1, 0.15) is 6.92 Å². The molecule has 0 atom stereocenters. The number of nitrogens with one attached hydrogen (secondary N) is 2. The first-order valence-electron chi connectivity index (χ1n) is 6.52. The zero-order valence-corrected chi connectivity index (χ0v) is 13.9. The van der Waals surface area contributed by atoms with Gasteiger partial charge < -0.3 is 14.8 Å². The molecule has 0 saturated carbocycles. The van der Waals surface area contributed by atoms with Gasteiger partial charge >= 0.3 is 0 Å². The lowest BCUT2D eigenvalue weighted by Gasteiger charge is -2.09. The van der Waals surface area contributed by atoms with E-state index in [1.54, 1.807) is 19.2 Å². The number of hydrogen-bond donors (Lipinski definition) is 2. The van der Waals surface area contributed by atoms with E-state index in [0.29, 0.717) is 32.1 Å². The molecule has 0 heterocycles. The summed E-state index contributed by atoms with van der Waals surface area (Å²) in [5.41, 5.74) is 0. The van der Waals surface area contributed by atoms with E-state index < -0.39 is 10.0 Å². The Kier molecular flexibility index (Phi) is 10.4. The molecular weight excluding hydrogens is 316 g/mol. The Morgan fingerprint density at radius 2 is 1.76 bits per heavy atom. The fraction of sp³-hybridized carbons (Fsp3) is 0.538. The van der Waals surface area contributed by atoms with Gasteiger partial charge in [-0.2, -0.15) is 0 Å². The minimum absolute atomic E-state index is 0. The molecule has 0 fully saturated rings. The molecule has 1 rings (SSSR count). The van der Waals surface area contributed by atoms with Crippen molar-refractivity contribution in [3.05, 3.63) is 24.3 Å². The monoisotopic (exact) mass is 338 g/mol. The van der Waals surface area contributed by atoms with Crippen LogP contribution in [0.3, 0.4) is 0 Å². The third kappa shape index (κ3) is 7.63. The zero-order valence-electron chi connectivity index (χ0n) is 12.3. The summed E-state index contributed by atoms with van der Waals surface area (Å²) < 4.78 is 36.7. The van der Waals surface area contributed by atoms with Crippen LogP contribution < -0.4 is 14.8 Å². The Labute approximate surface area is 132 Å². The highest BCUT2D eigenvalue weighted by atomic mass is 35.5. The molecule has 0 aliphatic heterocycles. The normalized spacial score (nSPS) is 11.0. The van der Waals surface area contributed by atoms with Gasteiger partial charge in [0.1, 0.15) is 12.4 Å². The Balaban J connectivity index is 0.00000400. The largest absolute Gasteiger partial charge is 0.491 e. The predicted molar refractivity (Wildman–Crippen MR) is 84.8 cm³/mol. The molecule has 21 heavy (non-hydrogen) atoms. The first-order chi connectivity index (χ1) is 9.60. The second kappa shape index (κ2) is 10.8. The van der Waals surface area contributed by atoms with Crippen molar-refractivity contribution in [2.24, 2.45) is 0 Å². The van der Waals surface area contributed by atoms with E-state index in [9.17, 15) is 8.42 Å². The summed E-state index contributed by atoms with van der Waals surface area (Å²) in [5.74, 6) is 0.619. The lowest BCUT2D eigenvalue weighted by Crippen LogP contribution is -2.31. The van der Waals surface area contributed by atoms with E-state index in [1.165, 1.54) is 12.1 Å². The quantitative estimate of drug-likeness (QED) is 0.623. The van der Waals surface area contributed by atoms with Crippen LogP contribution in [0.5, 0.6) is 5.75 Å². The Morgan fingerprint density at radius 3 is 2.33 bits per heavy atom. The molecule has 1 aromatic rings. The average molecular weight is 339 g/mol. The van der Waals surface area contributed by atoms with Crippen molar-refractivity contribution >= 4 is 22.4 Å². The van der Waals surface area contributed by atoms with Crippen molar-refractivity contribution in [1.82, 2.24) is 10.0 Å². The molecule has 0 bridgehead atoms.